The SMILES string of the molecule is CN(C)CCn1nc(S(=O)(=O)c2ccccc2)c2c(F)cccc21. The second-order valence-corrected chi connectivity index (χ2v) is 7.65. The Hall–Kier alpha value is -2.25. The van der Waals surface area contributed by atoms with Gasteiger partial charge in [-0.25, -0.2) is 12.8 Å². The first-order valence-corrected chi connectivity index (χ1v) is 8.99. The van der Waals surface area contributed by atoms with E-state index in [9.17, 15) is 12.8 Å². The molecule has 0 aliphatic carbocycles. The lowest BCUT2D eigenvalue weighted by atomic mass is 10.2. The minimum absolute atomic E-state index is 0.0418. The molecular weight excluding hydrogens is 329 g/mol. The van der Waals surface area contributed by atoms with E-state index in [1.807, 2.05) is 19.0 Å². The largest absolute Gasteiger partial charge is 0.308 e. The second-order valence-electron chi connectivity index (χ2n) is 5.78. The van der Waals surface area contributed by atoms with Crippen LogP contribution in [-0.4, -0.2) is 43.7 Å². The highest BCUT2D eigenvalue weighted by molar-refractivity contribution is 7.91. The van der Waals surface area contributed by atoms with E-state index in [1.54, 1.807) is 35.0 Å². The molecule has 0 N–H and O–H groups in total. The quantitative estimate of drug-likeness (QED) is 0.712. The maximum Gasteiger partial charge on any atom is 0.226 e. The van der Waals surface area contributed by atoms with Crippen molar-refractivity contribution >= 4 is 20.7 Å². The lowest BCUT2D eigenvalue weighted by molar-refractivity contribution is 0.375. The van der Waals surface area contributed by atoms with E-state index in [0.29, 0.717) is 18.6 Å². The van der Waals surface area contributed by atoms with E-state index >= 15 is 0 Å². The lowest BCUT2D eigenvalue weighted by Crippen LogP contribution is -2.19. The Morgan fingerprint density at radius 1 is 1.08 bits per heavy atom. The molecule has 3 aromatic rings. The monoisotopic (exact) mass is 347 g/mol. The van der Waals surface area contributed by atoms with Gasteiger partial charge in [-0.05, 0) is 38.4 Å². The van der Waals surface area contributed by atoms with Gasteiger partial charge in [0.05, 0.1) is 22.3 Å². The molecule has 3 rings (SSSR count). The van der Waals surface area contributed by atoms with Crippen LogP contribution >= 0.6 is 0 Å². The number of benzene rings is 2. The van der Waals surface area contributed by atoms with Crippen LogP contribution in [0.25, 0.3) is 10.9 Å². The van der Waals surface area contributed by atoms with Crippen molar-refractivity contribution in [2.24, 2.45) is 0 Å². The lowest BCUT2D eigenvalue weighted by Gasteiger charge is -2.09. The molecule has 0 radical (unpaired) electrons. The molecule has 0 fully saturated rings. The first kappa shape index (κ1) is 16.6. The van der Waals surface area contributed by atoms with E-state index < -0.39 is 15.7 Å². The zero-order chi connectivity index (χ0) is 17.3. The molecule has 5 nitrogen and oxygen atoms in total. The third-order valence-electron chi connectivity index (χ3n) is 3.76. The third kappa shape index (κ3) is 2.92. The Morgan fingerprint density at radius 2 is 1.79 bits per heavy atom. The first-order chi connectivity index (χ1) is 11.4. The molecule has 24 heavy (non-hydrogen) atoms. The van der Waals surface area contributed by atoms with Crippen LogP contribution < -0.4 is 0 Å². The summed E-state index contributed by atoms with van der Waals surface area (Å²) in [4.78, 5) is 2.06. The van der Waals surface area contributed by atoms with Crippen molar-refractivity contribution in [3.63, 3.8) is 0 Å². The topological polar surface area (TPSA) is 55.2 Å². The second kappa shape index (κ2) is 6.33. The summed E-state index contributed by atoms with van der Waals surface area (Å²) in [6.07, 6.45) is 0. The summed E-state index contributed by atoms with van der Waals surface area (Å²) in [5, 5.41) is 4.04. The van der Waals surface area contributed by atoms with Gasteiger partial charge in [0.2, 0.25) is 9.84 Å². The minimum atomic E-state index is -3.89. The predicted octanol–water partition coefficient (Wildman–Crippen LogP) is 2.57. The van der Waals surface area contributed by atoms with Gasteiger partial charge in [-0.2, -0.15) is 5.10 Å². The van der Waals surface area contributed by atoms with E-state index in [4.69, 9.17) is 0 Å². The molecule has 0 spiro atoms. The predicted molar refractivity (Wildman–Crippen MR) is 90.1 cm³/mol. The number of likely N-dealkylation sites (N-methyl/N-ethyl adjacent to an activating group) is 1. The van der Waals surface area contributed by atoms with Gasteiger partial charge < -0.3 is 4.90 Å². The fraction of sp³-hybridized carbons (Fsp3) is 0.235. The summed E-state index contributed by atoms with van der Waals surface area (Å²) in [5.41, 5.74) is 0.478. The Kier molecular flexibility index (Phi) is 4.38. The average Bonchev–Trinajstić information content (AvgIpc) is 2.95. The molecule has 0 bridgehead atoms. The number of fused-ring (bicyclic) bond motifs is 1. The Labute approximate surface area is 140 Å². The summed E-state index contributed by atoms with van der Waals surface area (Å²) in [7, 11) is -0.0701. The van der Waals surface area contributed by atoms with Gasteiger partial charge in [0.15, 0.2) is 5.03 Å². The molecule has 0 amide bonds. The molecule has 2 aromatic carbocycles. The van der Waals surface area contributed by atoms with E-state index in [2.05, 4.69) is 5.10 Å². The molecule has 0 aliphatic heterocycles. The number of halogens is 1. The van der Waals surface area contributed by atoms with Crippen molar-refractivity contribution in [1.29, 1.82) is 0 Å². The zero-order valence-electron chi connectivity index (χ0n) is 13.5. The Morgan fingerprint density at radius 3 is 2.46 bits per heavy atom. The van der Waals surface area contributed by atoms with Crippen molar-refractivity contribution in [1.82, 2.24) is 14.7 Å². The maximum absolute atomic E-state index is 14.4. The highest BCUT2D eigenvalue weighted by Gasteiger charge is 2.27. The molecule has 1 heterocycles. The molecule has 0 saturated carbocycles. The normalized spacial score (nSPS) is 12.2. The van der Waals surface area contributed by atoms with Crippen LogP contribution in [0.5, 0.6) is 0 Å². The standard InChI is InChI=1S/C17H18FN3O2S/c1-20(2)11-12-21-15-10-6-9-14(18)16(15)17(19-21)24(22,23)13-7-4-3-5-8-13/h3-10H,11-12H2,1-2H3. The number of sulfone groups is 1. The molecule has 0 aliphatic rings. The highest BCUT2D eigenvalue weighted by Crippen LogP contribution is 2.29. The van der Waals surface area contributed by atoms with Gasteiger partial charge in [-0.3, -0.25) is 4.68 Å². The van der Waals surface area contributed by atoms with Gasteiger partial charge in [0, 0.05) is 6.54 Å². The Balaban J connectivity index is 2.21. The third-order valence-corrected chi connectivity index (χ3v) is 5.45. The summed E-state index contributed by atoms with van der Waals surface area (Å²) in [6.45, 7) is 1.13. The summed E-state index contributed by atoms with van der Waals surface area (Å²) >= 11 is 0. The van der Waals surface area contributed by atoms with Crippen molar-refractivity contribution in [2.45, 2.75) is 16.5 Å². The summed E-state index contributed by atoms with van der Waals surface area (Å²) in [5.74, 6) is -0.585. The smallest absolute Gasteiger partial charge is 0.226 e. The molecule has 0 atom stereocenters. The van der Waals surface area contributed by atoms with Crippen molar-refractivity contribution in [3.8, 4) is 0 Å². The fourth-order valence-corrected chi connectivity index (χ4v) is 3.93. The molecule has 0 unspecified atom stereocenters. The van der Waals surface area contributed by atoms with Crippen LogP contribution in [0.4, 0.5) is 4.39 Å². The van der Waals surface area contributed by atoms with Gasteiger partial charge in [-0.1, -0.05) is 24.3 Å². The molecule has 1 aromatic heterocycles. The average molecular weight is 347 g/mol. The molecule has 0 saturated heterocycles. The van der Waals surface area contributed by atoms with Crippen LogP contribution in [0.2, 0.25) is 0 Å². The van der Waals surface area contributed by atoms with Gasteiger partial charge in [0.25, 0.3) is 0 Å². The summed E-state index contributed by atoms with van der Waals surface area (Å²) in [6, 6.07) is 12.5. The van der Waals surface area contributed by atoms with Gasteiger partial charge in [0.1, 0.15) is 5.82 Å². The van der Waals surface area contributed by atoms with Crippen LogP contribution in [0.3, 0.4) is 0 Å². The number of nitrogens with zero attached hydrogens (tertiary/aromatic N) is 3. The van der Waals surface area contributed by atoms with E-state index in [1.165, 1.54) is 18.2 Å². The summed E-state index contributed by atoms with van der Waals surface area (Å²) < 4.78 is 41.7. The van der Waals surface area contributed by atoms with Crippen LogP contribution in [0, 0.1) is 5.82 Å². The van der Waals surface area contributed by atoms with Crippen molar-refractivity contribution in [3.05, 3.63) is 54.3 Å². The molecular formula is C17H18FN3O2S. The van der Waals surface area contributed by atoms with Crippen LogP contribution in [0.15, 0.2) is 58.5 Å². The van der Waals surface area contributed by atoms with Crippen LogP contribution in [0.1, 0.15) is 0 Å². The van der Waals surface area contributed by atoms with Crippen molar-refractivity contribution in [2.75, 3.05) is 20.6 Å². The number of aromatic nitrogens is 2. The molecule has 7 heteroatoms. The van der Waals surface area contributed by atoms with E-state index in [0.717, 1.165) is 0 Å². The van der Waals surface area contributed by atoms with Gasteiger partial charge in [-0.15, -0.1) is 0 Å². The molecule has 126 valence electrons. The van der Waals surface area contributed by atoms with E-state index in [-0.39, 0.29) is 15.3 Å². The number of hydrogen-bond acceptors (Lipinski definition) is 4. The first-order valence-electron chi connectivity index (χ1n) is 7.51. The highest BCUT2D eigenvalue weighted by atomic mass is 32.2. The Bertz CT molecular complexity index is 966. The minimum Gasteiger partial charge on any atom is -0.308 e. The fourth-order valence-electron chi connectivity index (χ4n) is 2.52. The van der Waals surface area contributed by atoms with Crippen LogP contribution in [-0.2, 0) is 16.4 Å². The maximum atomic E-state index is 14.4. The number of rotatable bonds is 5. The van der Waals surface area contributed by atoms with Crippen molar-refractivity contribution < 1.29 is 12.8 Å². The van der Waals surface area contributed by atoms with Gasteiger partial charge >= 0.3 is 0 Å². The zero-order valence-corrected chi connectivity index (χ0v) is 14.3. The number of hydrogen-bond donors (Lipinski definition) is 0.